The number of hydrogen-bond acceptors (Lipinski definition) is 4. The van der Waals surface area contributed by atoms with Gasteiger partial charge in [0.15, 0.2) is 0 Å². The van der Waals surface area contributed by atoms with Gasteiger partial charge in [0.2, 0.25) is 0 Å². The molecule has 0 saturated carbocycles. The summed E-state index contributed by atoms with van der Waals surface area (Å²) < 4.78 is 6.16. The van der Waals surface area contributed by atoms with Crippen LogP contribution in [-0.4, -0.2) is 18.1 Å². The Hall–Kier alpha value is -2.47. The van der Waals surface area contributed by atoms with Gasteiger partial charge in [0.1, 0.15) is 5.75 Å². The van der Waals surface area contributed by atoms with Gasteiger partial charge in [-0.25, -0.2) is 5.43 Å². The maximum absolute atomic E-state index is 12.1. The van der Waals surface area contributed by atoms with Crippen molar-refractivity contribution >= 4 is 34.0 Å². The standard InChI is InChI=1S/C19H19BrN2O3/c1-12(2)19(24)25-17-8-7-16(20)10-15(17)11-21-22-18(23)14-6-4-5-13(3)9-14/h4-12H,1-3H3,(H,22,23). The third kappa shape index (κ3) is 5.53. The van der Waals surface area contributed by atoms with Crippen molar-refractivity contribution in [1.29, 1.82) is 0 Å². The lowest BCUT2D eigenvalue weighted by atomic mass is 10.1. The monoisotopic (exact) mass is 402 g/mol. The number of hydrogen-bond donors (Lipinski definition) is 1. The van der Waals surface area contributed by atoms with Crippen LogP contribution in [0.1, 0.15) is 35.3 Å². The highest BCUT2D eigenvalue weighted by Gasteiger charge is 2.12. The zero-order valence-corrected chi connectivity index (χ0v) is 15.8. The quantitative estimate of drug-likeness (QED) is 0.354. The first-order valence-electron chi connectivity index (χ1n) is 7.78. The molecule has 0 aliphatic rings. The molecule has 0 unspecified atom stereocenters. The Bertz CT molecular complexity index is 816. The smallest absolute Gasteiger partial charge is 0.313 e. The number of esters is 1. The van der Waals surface area contributed by atoms with E-state index >= 15 is 0 Å². The number of amides is 1. The topological polar surface area (TPSA) is 67.8 Å². The minimum atomic E-state index is -0.333. The minimum Gasteiger partial charge on any atom is -0.426 e. The number of ether oxygens (including phenoxy) is 1. The molecule has 130 valence electrons. The fraction of sp³-hybridized carbons (Fsp3) is 0.211. The maximum Gasteiger partial charge on any atom is 0.313 e. The molecule has 2 rings (SSSR count). The highest BCUT2D eigenvalue weighted by atomic mass is 79.9. The van der Waals surface area contributed by atoms with Crippen LogP contribution in [0.4, 0.5) is 0 Å². The number of aryl methyl sites for hydroxylation is 1. The van der Waals surface area contributed by atoms with Gasteiger partial charge < -0.3 is 4.74 Å². The number of carbonyl (C=O) groups excluding carboxylic acids is 2. The Morgan fingerprint density at radius 3 is 2.64 bits per heavy atom. The number of rotatable bonds is 5. The molecule has 0 saturated heterocycles. The molecule has 2 aromatic rings. The second kappa shape index (κ2) is 8.58. The van der Waals surface area contributed by atoms with E-state index in [1.807, 2.05) is 19.1 Å². The minimum absolute atomic E-state index is 0.241. The molecule has 0 aliphatic carbocycles. The first-order valence-corrected chi connectivity index (χ1v) is 8.57. The molecule has 6 heteroatoms. The van der Waals surface area contributed by atoms with Gasteiger partial charge in [0, 0.05) is 15.6 Å². The van der Waals surface area contributed by atoms with Crippen LogP contribution >= 0.6 is 15.9 Å². The lowest BCUT2D eigenvalue weighted by Gasteiger charge is -2.09. The largest absolute Gasteiger partial charge is 0.426 e. The van der Waals surface area contributed by atoms with E-state index in [1.165, 1.54) is 6.21 Å². The lowest BCUT2D eigenvalue weighted by Crippen LogP contribution is -2.18. The second-order valence-corrected chi connectivity index (χ2v) is 6.74. The van der Waals surface area contributed by atoms with Gasteiger partial charge >= 0.3 is 5.97 Å². The van der Waals surface area contributed by atoms with Gasteiger partial charge in [-0.15, -0.1) is 0 Å². The van der Waals surface area contributed by atoms with Gasteiger partial charge in [-0.05, 0) is 37.3 Å². The SMILES string of the molecule is Cc1cccc(C(=O)NN=Cc2cc(Br)ccc2OC(=O)C(C)C)c1. The Balaban J connectivity index is 2.13. The second-order valence-electron chi connectivity index (χ2n) is 5.83. The predicted molar refractivity (Wildman–Crippen MR) is 101 cm³/mol. The van der Waals surface area contributed by atoms with Gasteiger partial charge in [-0.3, -0.25) is 9.59 Å². The molecule has 0 aromatic heterocycles. The van der Waals surface area contributed by atoms with Crippen LogP contribution in [0.5, 0.6) is 5.75 Å². The summed E-state index contributed by atoms with van der Waals surface area (Å²) in [6.07, 6.45) is 1.45. The van der Waals surface area contributed by atoms with Crippen molar-refractivity contribution in [1.82, 2.24) is 5.43 Å². The number of nitrogens with zero attached hydrogens (tertiary/aromatic N) is 1. The van der Waals surface area contributed by atoms with Crippen LogP contribution in [-0.2, 0) is 4.79 Å². The van der Waals surface area contributed by atoms with E-state index in [9.17, 15) is 9.59 Å². The molecule has 1 amide bonds. The first-order chi connectivity index (χ1) is 11.9. The molecular formula is C19H19BrN2O3. The fourth-order valence-corrected chi connectivity index (χ4v) is 2.33. The zero-order chi connectivity index (χ0) is 18.4. The van der Waals surface area contributed by atoms with Crippen molar-refractivity contribution in [2.45, 2.75) is 20.8 Å². The average Bonchev–Trinajstić information content (AvgIpc) is 2.56. The summed E-state index contributed by atoms with van der Waals surface area (Å²) in [5, 5.41) is 3.96. The first kappa shape index (κ1) is 18.9. The van der Waals surface area contributed by atoms with Crippen molar-refractivity contribution in [3.8, 4) is 5.75 Å². The molecule has 0 radical (unpaired) electrons. The molecule has 2 aromatic carbocycles. The molecule has 0 bridgehead atoms. The molecular weight excluding hydrogens is 384 g/mol. The Morgan fingerprint density at radius 2 is 1.96 bits per heavy atom. The van der Waals surface area contributed by atoms with Crippen LogP contribution in [0.2, 0.25) is 0 Å². The Kier molecular flexibility index (Phi) is 6.47. The van der Waals surface area contributed by atoms with E-state index in [2.05, 4.69) is 26.5 Å². The van der Waals surface area contributed by atoms with Crippen molar-refractivity contribution in [2.75, 3.05) is 0 Å². The van der Waals surface area contributed by atoms with E-state index in [-0.39, 0.29) is 17.8 Å². The maximum atomic E-state index is 12.1. The number of benzene rings is 2. The highest BCUT2D eigenvalue weighted by Crippen LogP contribution is 2.22. The van der Waals surface area contributed by atoms with E-state index in [1.54, 1.807) is 44.2 Å². The van der Waals surface area contributed by atoms with Crippen LogP contribution in [0, 0.1) is 12.8 Å². The summed E-state index contributed by atoms with van der Waals surface area (Å²) in [5.74, 6) is -0.499. The number of halogens is 1. The molecule has 0 spiro atoms. The van der Waals surface area contributed by atoms with Gasteiger partial charge in [0.05, 0.1) is 12.1 Å². The van der Waals surface area contributed by atoms with Crippen molar-refractivity contribution in [3.05, 3.63) is 63.6 Å². The van der Waals surface area contributed by atoms with Gasteiger partial charge in [-0.2, -0.15) is 5.10 Å². The van der Waals surface area contributed by atoms with Crippen LogP contribution in [0.3, 0.4) is 0 Å². The average molecular weight is 403 g/mol. The normalized spacial score (nSPS) is 10.9. The van der Waals surface area contributed by atoms with Crippen LogP contribution < -0.4 is 10.2 Å². The lowest BCUT2D eigenvalue weighted by molar-refractivity contribution is -0.137. The molecule has 0 aliphatic heterocycles. The zero-order valence-electron chi connectivity index (χ0n) is 14.2. The van der Waals surface area contributed by atoms with Crippen LogP contribution in [0.25, 0.3) is 0 Å². The summed E-state index contributed by atoms with van der Waals surface area (Å²) in [6, 6.07) is 12.4. The number of hydrazone groups is 1. The van der Waals surface area contributed by atoms with E-state index in [0.717, 1.165) is 10.0 Å². The van der Waals surface area contributed by atoms with Gasteiger partial charge in [-0.1, -0.05) is 47.5 Å². The molecule has 25 heavy (non-hydrogen) atoms. The van der Waals surface area contributed by atoms with Crippen LogP contribution in [0.15, 0.2) is 52.0 Å². The van der Waals surface area contributed by atoms with Crippen molar-refractivity contribution in [3.63, 3.8) is 0 Å². The summed E-state index contributed by atoms with van der Waals surface area (Å²) in [4.78, 5) is 23.9. The summed E-state index contributed by atoms with van der Waals surface area (Å²) in [5.41, 5.74) is 4.57. The number of nitrogens with one attached hydrogen (secondary N) is 1. The fourth-order valence-electron chi connectivity index (χ4n) is 1.95. The Morgan fingerprint density at radius 1 is 1.20 bits per heavy atom. The Labute approximate surface area is 155 Å². The van der Waals surface area contributed by atoms with Gasteiger partial charge in [0.25, 0.3) is 5.91 Å². The predicted octanol–water partition coefficient (Wildman–Crippen LogP) is 4.08. The molecule has 0 fully saturated rings. The molecule has 0 heterocycles. The third-order valence-corrected chi connectivity index (χ3v) is 3.80. The van der Waals surface area contributed by atoms with E-state index < -0.39 is 0 Å². The van der Waals surface area contributed by atoms with Crippen molar-refractivity contribution in [2.24, 2.45) is 11.0 Å². The summed E-state index contributed by atoms with van der Waals surface area (Å²) >= 11 is 3.37. The number of carbonyl (C=O) groups is 2. The van der Waals surface area contributed by atoms with Crippen molar-refractivity contribution < 1.29 is 14.3 Å². The van der Waals surface area contributed by atoms with E-state index in [4.69, 9.17) is 4.74 Å². The highest BCUT2D eigenvalue weighted by molar-refractivity contribution is 9.10. The molecule has 5 nitrogen and oxygen atoms in total. The third-order valence-electron chi connectivity index (χ3n) is 3.30. The summed E-state index contributed by atoms with van der Waals surface area (Å²) in [7, 11) is 0. The molecule has 0 atom stereocenters. The van der Waals surface area contributed by atoms with E-state index in [0.29, 0.717) is 16.9 Å². The summed E-state index contributed by atoms with van der Waals surface area (Å²) in [6.45, 7) is 5.44. The molecule has 1 N–H and O–H groups in total.